The fourth-order valence-electron chi connectivity index (χ4n) is 2.31. The summed E-state index contributed by atoms with van der Waals surface area (Å²) in [4.78, 5) is 22.4. The summed E-state index contributed by atoms with van der Waals surface area (Å²) in [6, 6.07) is 4.36. The highest BCUT2D eigenvalue weighted by molar-refractivity contribution is 6.34. The normalized spacial score (nSPS) is 9.83. The first-order valence-corrected chi connectivity index (χ1v) is 8.53. The van der Waals surface area contributed by atoms with Gasteiger partial charge in [-0.15, -0.1) is 0 Å². The Morgan fingerprint density at radius 2 is 1.34 bits per heavy atom. The summed E-state index contributed by atoms with van der Waals surface area (Å²) in [5.74, 6) is -3.00. The predicted octanol–water partition coefficient (Wildman–Crippen LogP) is 4.51. The van der Waals surface area contributed by atoms with Gasteiger partial charge in [0.2, 0.25) is 0 Å². The summed E-state index contributed by atoms with van der Waals surface area (Å²) < 4.78 is 45.5. The molecule has 9 heteroatoms. The van der Waals surface area contributed by atoms with Crippen molar-refractivity contribution in [3.05, 3.63) is 57.1 Å². The first kappa shape index (κ1) is 24.2. The Balaban J connectivity index is 0.000000291. The van der Waals surface area contributed by atoms with Gasteiger partial charge in [-0.1, -0.05) is 11.6 Å². The molecule has 0 radical (unpaired) electrons. The average Bonchev–Trinajstić information content (AvgIpc) is 2.71. The summed E-state index contributed by atoms with van der Waals surface area (Å²) in [7, 11) is 5.02. The average molecular weight is 431 g/mol. The van der Waals surface area contributed by atoms with Crippen molar-refractivity contribution in [1.29, 1.82) is 0 Å². The van der Waals surface area contributed by atoms with Gasteiger partial charge >= 0.3 is 11.9 Å². The van der Waals surface area contributed by atoms with Crippen LogP contribution in [-0.4, -0.2) is 40.4 Å². The number of carbonyl (C=O) groups excluding carboxylic acids is 2. The number of ether oxygens (including phenoxy) is 4. The van der Waals surface area contributed by atoms with E-state index in [0.717, 1.165) is 12.7 Å². The van der Waals surface area contributed by atoms with Gasteiger partial charge in [-0.2, -0.15) is 0 Å². The maximum absolute atomic E-state index is 13.6. The molecule has 0 aliphatic carbocycles. The van der Waals surface area contributed by atoms with E-state index in [2.05, 4.69) is 9.47 Å². The lowest BCUT2D eigenvalue weighted by Crippen LogP contribution is -2.08. The molecule has 0 saturated heterocycles. The van der Waals surface area contributed by atoms with Crippen molar-refractivity contribution in [3.63, 3.8) is 0 Å². The molecule has 0 fully saturated rings. The summed E-state index contributed by atoms with van der Waals surface area (Å²) in [6.07, 6.45) is 0. The van der Waals surface area contributed by atoms with E-state index >= 15 is 0 Å². The molecule has 0 N–H and O–H groups in total. The molecule has 0 spiro atoms. The Hall–Kier alpha value is -2.87. The van der Waals surface area contributed by atoms with Crippen LogP contribution in [0.15, 0.2) is 18.2 Å². The number of aryl methyl sites for hydroxylation is 2. The van der Waals surface area contributed by atoms with Crippen LogP contribution in [0.2, 0.25) is 5.02 Å². The van der Waals surface area contributed by atoms with Gasteiger partial charge in [0.05, 0.1) is 39.0 Å². The topological polar surface area (TPSA) is 71.1 Å². The van der Waals surface area contributed by atoms with Gasteiger partial charge in [0, 0.05) is 0 Å². The van der Waals surface area contributed by atoms with Crippen LogP contribution in [-0.2, 0) is 9.47 Å². The van der Waals surface area contributed by atoms with E-state index in [9.17, 15) is 18.4 Å². The smallest absolute Gasteiger partial charge is 0.342 e. The van der Waals surface area contributed by atoms with E-state index in [1.54, 1.807) is 13.8 Å². The number of benzene rings is 2. The Labute approximate surface area is 172 Å². The van der Waals surface area contributed by atoms with Crippen LogP contribution in [0.3, 0.4) is 0 Å². The second kappa shape index (κ2) is 10.6. The summed E-state index contributed by atoms with van der Waals surface area (Å²) >= 11 is 5.80. The molecule has 6 nitrogen and oxygen atoms in total. The largest absolute Gasteiger partial charge is 0.494 e. The Morgan fingerprint density at radius 1 is 0.828 bits per heavy atom. The van der Waals surface area contributed by atoms with E-state index in [1.165, 1.54) is 39.5 Å². The number of hydrogen-bond donors (Lipinski definition) is 0. The van der Waals surface area contributed by atoms with Crippen LogP contribution in [0.4, 0.5) is 8.78 Å². The summed E-state index contributed by atoms with van der Waals surface area (Å²) in [5.41, 5.74) is 0.888. The third kappa shape index (κ3) is 5.57. The lowest BCUT2D eigenvalue weighted by Gasteiger charge is -2.10. The van der Waals surface area contributed by atoms with Crippen molar-refractivity contribution in [2.45, 2.75) is 13.8 Å². The fraction of sp³-hybridized carbons (Fsp3) is 0.300. The number of halogens is 3. The second-order valence-corrected chi connectivity index (χ2v) is 6.09. The van der Waals surface area contributed by atoms with Crippen molar-refractivity contribution in [2.24, 2.45) is 0 Å². The van der Waals surface area contributed by atoms with Crippen LogP contribution >= 0.6 is 11.6 Å². The fourth-order valence-corrected chi connectivity index (χ4v) is 2.53. The monoisotopic (exact) mass is 430 g/mol. The number of methoxy groups -OCH3 is 4. The molecule has 29 heavy (non-hydrogen) atoms. The standard InChI is InChI=1S/C10H10ClFO3.C10H11FO3/c1-5-4-6(14-2)9(12)7(8(5)11)10(13)15-3;1-6-4-7(10(12)14-3)9(11)8(5-6)13-2/h4H,1-3H3;4-5H,1-3H3. The minimum absolute atomic E-state index is 0.0303. The van der Waals surface area contributed by atoms with Gasteiger partial charge in [-0.05, 0) is 43.2 Å². The van der Waals surface area contributed by atoms with Crippen LogP contribution in [0, 0.1) is 25.5 Å². The first-order chi connectivity index (χ1) is 13.6. The van der Waals surface area contributed by atoms with E-state index in [0.29, 0.717) is 5.56 Å². The van der Waals surface area contributed by atoms with Gasteiger partial charge in [-0.3, -0.25) is 0 Å². The molecule has 0 saturated carbocycles. The first-order valence-electron chi connectivity index (χ1n) is 8.16. The van der Waals surface area contributed by atoms with Crippen LogP contribution in [0.5, 0.6) is 11.5 Å². The van der Waals surface area contributed by atoms with Gasteiger partial charge in [0.1, 0.15) is 5.56 Å². The molecule has 0 aliphatic heterocycles. The van der Waals surface area contributed by atoms with Crippen LogP contribution in [0.25, 0.3) is 0 Å². The number of hydrogen-bond acceptors (Lipinski definition) is 6. The minimum Gasteiger partial charge on any atom is -0.494 e. The molecule has 0 amide bonds. The lowest BCUT2D eigenvalue weighted by molar-refractivity contribution is 0.0585. The van der Waals surface area contributed by atoms with Crippen molar-refractivity contribution >= 4 is 23.5 Å². The third-order valence-corrected chi connectivity index (χ3v) is 4.25. The van der Waals surface area contributed by atoms with Gasteiger partial charge in [-0.25, -0.2) is 18.4 Å². The highest BCUT2D eigenvalue weighted by Crippen LogP contribution is 2.31. The highest BCUT2D eigenvalue weighted by Gasteiger charge is 2.22. The minimum atomic E-state index is -0.820. The summed E-state index contributed by atoms with van der Waals surface area (Å²) in [6.45, 7) is 3.39. The van der Waals surface area contributed by atoms with Crippen molar-refractivity contribution in [3.8, 4) is 11.5 Å². The molecule has 0 heterocycles. The maximum Gasteiger partial charge on any atom is 0.342 e. The molecular weight excluding hydrogens is 410 g/mol. The zero-order chi connectivity index (χ0) is 22.3. The van der Waals surface area contributed by atoms with Gasteiger partial charge < -0.3 is 18.9 Å². The van der Waals surface area contributed by atoms with E-state index in [4.69, 9.17) is 21.1 Å². The SMILES string of the molecule is COC(=O)c1c(F)c(OC)cc(C)c1Cl.COC(=O)c1cc(C)cc(OC)c1F. The lowest BCUT2D eigenvalue weighted by atomic mass is 10.1. The molecule has 2 rings (SSSR count). The number of esters is 2. The van der Waals surface area contributed by atoms with E-state index < -0.39 is 23.6 Å². The molecule has 0 aromatic heterocycles. The zero-order valence-electron chi connectivity index (χ0n) is 16.8. The molecule has 158 valence electrons. The Morgan fingerprint density at radius 3 is 1.83 bits per heavy atom. The number of carbonyl (C=O) groups is 2. The third-order valence-electron chi connectivity index (χ3n) is 3.77. The Bertz CT molecular complexity index is 915. The zero-order valence-corrected chi connectivity index (χ0v) is 17.6. The number of rotatable bonds is 4. The quantitative estimate of drug-likeness (QED) is 0.664. The van der Waals surface area contributed by atoms with Gasteiger partial charge in [0.25, 0.3) is 0 Å². The molecule has 0 bridgehead atoms. The van der Waals surface area contributed by atoms with E-state index in [-0.39, 0.29) is 27.6 Å². The highest BCUT2D eigenvalue weighted by atomic mass is 35.5. The molecule has 2 aromatic rings. The molecular formula is C20H21ClF2O6. The van der Waals surface area contributed by atoms with Crippen molar-refractivity contribution < 1.29 is 37.3 Å². The second-order valence-electron chi connectivity index (χ2n) is 5.71. The van der Waals surface area contributed by atoms with Crippen molar-refractivity contribution in [2.75, 3.05) is 28.4 Å². The molecule has 0 aliphatic rings. The van der Waals surface area contributed by atoms with Crippen LogP contribution < -0.4 is 9.47 Å². The van der Waals surface area contributed by atoms with Gasteiger partial charge in [0.15, 0.2) is 23.1 Å². The molecule has 2 aromatic carbocycles. The Kier molecular flexibility index (Phi) is 8.85. The summed E-state index contributed by atoms with van der Waals surface area (Å²) in [5, 5.41) is 0.0418. The van der Waals surface area contributed by atoms with E-state index in [1.807, 2.05) is 0 Å². The maximum atomic E-state index is 13.6. The molecule has 0 unspecified atom stereocenters. The molecule has 0 atom stereocenters. The van der Waals surface area contributed by atoms with Crippen molar-refractivity contribution in [1.82, 2.24) is 0 Å². The van der Waals surface area contributed by atoms with Crippen LogP contribution in [0.1, 0.15) is 31.8 Å². The predicted molar refractivity (Wildman–Crippen MR) is 103 cm³/mol.